The van der Waals surface area contributed by atoms with Crippen LogP contribution in [0.1, 0.15) is 24.8 Å². The lowest BCUT2D eigenvalue weighted by Gasteiger charge is -2.40. The molecule has 1 saturated heterocycles. The van der Waals surface area contributed by atoms with Crippen molar-refractivity contribution in [3.63, 3.8) is 0 Å². The summed E-state index contributed by atoms with van der Waals surface area (Å²) >= 11 is 6.33. The largest absolute Gasteiger partial charge is 0.480 e. The van der Waals surface area contributed by atoms with E-state index in [2.05, 4.69) is 0 Å². The minimum Gasteiger partial charge on any atom is -0.480 e. The predicted molar refractivity (Wildman–Crippen MR) is 123 cm³/mol. The summed E-state index contributed by atoms with van der Waals surface area (Å²) in [7, 11) is 2.69. The number of piperidine rings is 1. The molecule has 168 valence electrons. The van der Waals surface area contributed by atoms with Crippen LogP contribution in [0.3, 0.4) is 0 Å². The number of likely N-dealkylation sites (tertiary alicyclic amines) is 1. The number of nitrogens with zero attached hydrogens (tertiary/aromatic N) is 1. The van der Waals surface area contributed by atoms with Crippen molar-refractivity contribution in [1.82, 2.24) is 4.90 Å². The Morgan fingerprint density at radius 1 is 1.23 bits per heavy atom. The van der Waals surface area contributed by atoms with Crippen LogP contribution in [0.25, 0.3) is 0 Å². The van der Waals surface area contributed by atoms with Crippen LogP contribution in [0, 0.1) is 5.92 Å². The molecule has 1 saturated carbocycles. The molecule has 3 rings (SSSR count). The van der Waals surface area contributed by atoms with Crippen molar-refractivity contribution in [2.75, 3.05) is 12.3 Å². The molecule has 2 aliphatic rings. The number of carboxylic acids is 2. The summed E-state index contributed by atoms with van der Waals surface area (Å²) < 4.78 is 0. The van der Waals surface area contributed by atoms with Crippen molar-refractivity contribution in [3.8, 4) is 0 Å². The molecule has 1 heterocycles. The van der Waals surface area contributed by atoms with Crippen molar-refractivity contribution >= 4 is 50.9 Å². The molecule has 0 bridgehead atoms. The van der Waals surface area contributed by atoms with Gasteiger partial charge in [-0.15, -0.1) is 0 Å². The Morgan fingerprint density at radius 2 is 1.94 bits per heavy atom. The van der Waals surface area contributed by atoms with E-state index < -0.39 is 24.0 Å². The number of rotatable bonds is 10. The summed E-state index contributed by atoms with van der Waals surface area (Å²) in [5.41, 5.74) is 7.02. The van der Waals surface area contributed by atoms with E-state index in [9.17, 15) is 19.5 Å². The molecule has 0 amide bonds. The van der Waals surface area contributed by atoms with Gasteiger partial charge in [0.15, 0.2) is 5.78 Å². The Kier molecular flexibility index (Phi) is 8.46. The number of Topliss-reactive ketones (excluding diaryl/α,β-unsaturated/α-hetero) is 1. The first-order valence-electron chi connectivity index (χ1n) is 10.00. The molecule has 10 heteroatoms. The van der Waals surface area contributed by atoms with Crippen LogP contribution in [0.4, 0.5) is 0 Å². The van der Waals surface area contributed by atoms with Crippen molar-refractivity contribution < 1.29 is 24.6 Å². The van der Waals surface area contributed by atoms with Crippen molar-refractivity contribution in [2.24, 2.45) is 11.7 Å². The molecule has 1 aromatic rings. The lowest BCUT2D eigenvalue weighted by Crippen LogP contribution is -2.50. The van der Waals surface area contributed by atoms with Gasteiger partial charge in [-0.1, -0.05) is 51.4 Å². The first kappa shape index (κ1) is 24.1. The van der Waals surface area contributed by atoms with Crippen molar-refractivity contribution in [3.05, 3.63) is 46.5 Å². The monoisotopic (exact) mass is 484 g/mol. The molecule has 1 aliphatic heterocycles. The van der Waals surface area contributed by atoms with Gasteiger partial charge in [-0.25, -0.2) is 4.79 Å². The number of carboxylic acid groups (broad SMARTS) is 2. The number of carbonyl (C=O) groups is 3. The third kappa shape index (κ3) is 6.49. The Labute approximate surface area is 193 Å². The summed E-state index contributed by atoms with van der Waals surface area (Å²) in [4.78, 5) is 37.8. The molecule has 31 heavy (non-hydrogen) atoms. The maximum Gasteiger partial charge on any atom is 0.328 e. The standard InChI is InChI=1S/C21H25ClN2O5S2/c22-15-4-2-1-3-13(15)10-24-8-7-17(31-30-11-16(23)21(28)29)14(9-18(25)26)19(24)20(27)12-5-6-12/h1-4,9,12,16-17,19H,5-8,10-11,23H2,(H,25,26)(H,28,29)/b14-9+/t16-,17?,19?/m0/s1. The lowest BCUT2D eigenvalue weighted by molar-refractivity contribution is -0.138. The average molecular weight is 485 g/mol. The Hall–Kier alpha value is -1.52. The molecule has 1 aromatic carbocycles. The van der Waals surface area contributed by atoms with Gasteiger partial charge in [-0.05, 0) is 36.5 Å². The number of carbonyl (C=O) groups excluding carboxylic acids is 1. The molecule has 1 aliphatic carbocycles. The van der Waals surface area contributed by atoms with E-state index >= 15 is 0 Å². The van der Waals surface area contributed by atoms with E-state index in [1.54, 1.807) is 6.07 Å². The molecular formula is C21H25ClN2O5S2. The van der Waals surface area contributed by atoms with E-state index in [4.69, 9.17) is 22.4 Å². The van der Waals surface area contributed by atoms with Crippen LogP contribution in [0.2, 0.25) is 5.02 Å². The van der Waals surface area contributed by atoms with Gasteiger partial charge in [-0.3, -0.25) is 14.5 Å². The molecule has 2 unspecified atom stereocenters. The SMILES string of the molecule is N[C@@H](CSSC1CCN(Cc2ccccc2Cl)C(C(=O)C2CC2)/C1=C/C(=O)O)C(=O)O. The summed E-state index contributed by atoms with van der Waals surface area (Å²) in [6.07, 6.45) is 3.45. The van der Waals surface area contributed by atoms with E-state index in [-0.39, 0.29) is 22.7 Å². The zero-order valence-electron chi connectivity index (χ0n) is 16.8. The maximum absolute atomic E-state index is 13.2. The van der Waals surface area contributed by atoms with E-state index in [0.29, 0.717) is 30.1 Å². The number of hydrogen-bond donors (Lipinski definition) is 3. The third-order valence-electron chi connectivity index (χ3n) is 5.35. The fourth-order valence-corrected chi connectivity index (χ4v) is 6.63. The second kappa shape index (κ2) is 10.9. The number of ketones is 1. The summed E-state index contributed by atoms with van der Waals surface area (Å²) in [6, 6.07) is 5.82. The Morgan fingerprint density at radius 3 is 2.55 bits per heavy atom. The van der Waals surface area contributed by atoms with Crippen LogP contribution in [0.15, 0.2) is 35.9 Å². The Bertz CT molecular complexity index is 877. The molecule has 0 spiro atoms. The molecule has 4 N–H and O–H groups in total. The van der Waals surface area contributed by atoms with Crippen LogP contribution in [-0.4, -0.2) is 62.5 Å². The lowest BCUT2D eigenvalue weighted by atomic mass is 9.89. The third-order valence-corrected chi connectivity index (χ3v) is 8.60. The molecule has 3 atom stereocenters. The molecular weight excluding hydrogens is 460 g/mol. The smallest absolute Gasteiger partial charge is 0.328 e. The number of benzene rings is 1. The summed E-state index contributed by atoms with van der Waals surface area (Å²) in [5, 5.41) is 18.9. The van der Waals surface area contributed by atoms with Gasteiger partial charge >= 0.3 is 11.9 Å². The van der Waals surface area contributed by atoms with Gasteiger partial charge in [0.2, 0.25) is 0 Å². The van der Waals surface area contributed by atoms with E-state index in [0.717, 1.165) is 24.5 Å². The highest BCUT2D eigenvalue weighted by atomic mass is 35.5. The average Bonchev–Trinajstić information content (AvgIpc) is 3.55. The normalized spacial score (nSPS) is 24.1. The van der Waals surface area contributed by atoms with Gasteiger partial charge in [0, 0.05) is 41.1 Å². The van der Waals surface area contributed by atoms with Gasteiger partial charge in [0.25, 0.3) is 0 Å². The maximum atomic E-state index is 13.2. The van der Waals surface area contributed by atoms with Gasteiger partial charge in [-0.2, -0.15) is 0 Å². The summed E-state index contributed by atoms with van der Waals surface area (Å²) in [5.74, 6) is -1.96. The van der Waals surface area contributed by atoms with Crippen LogP contribution in [-0.2, 0) is 20.9 Å². The van der Waals surface area contributed by atoms with Crippen molar-refractivity contribution in [1.29, 1.82) is 0 Å². The highest BCUT2D eigenvalue weighted by molar-refractivity contribution is 8.77. The van der Waals surface area contributed by atoms with Crippen LogP contribution < -0.4 is 5.73 Å². The molecule has 7 nitrogen and oxygen atoms in total. The predicted octanol–water partition coefficient (Wildman–Crippen LogP) is 3.07. The van der Waals surface area contributed by atoms with E-state index in [1.807, 2.05) is 23.1 Å². The highest BCUT2D eigenvalue weighted by Gasteiger charge is 2.44. The molecule has 0 radical (unpaired) electrons. The molecule has 2 fully saturated rings. The van der Waals surface area contributed by atoms with Crippen LogP contribution in [0.5, 0.6) is 0 Å². The number of hydrogen-bond acceptors (Lipinski definition) is 7. The fraction of sp³-hybridized carbons (Fsp3) is 0.476. The first-order valence-corrected chi connectivity index (χ1v) is 12.8. The summed E-state index contributed by atoms with van der Waals surface area (Å²) in [6.45, 7) is 1.06. The van der Waals surface area contributed by atoms with Gasteiger partial charge in [0.05, 0.1) is 6.04 Å². The van der Waals surface area contributed by atoms with Gasteiger partial charge < -0.3 is 15.9 Å². The number of aliphatic carboxylic acids is 2. The fourth-order valence-electron chi connectivity index (χ4n) is 3.60. The minimum absolute atomic E-state index is 0.0345. The number of halogens is 1. The topological polar surface area (TPSA) is 121 Å². The number of nitrogens with two attached hydrogens (primary N) is 1. The first-order chi connectivity index (χ1) is 14.8. The second-order valence-electron chi connectivity index (χ2n) is 7.73. The van der Waals surface area contributed by atoms with Gasteiger partial charge in [0.1, 0.15) is 6.04 Å². The van der Waals surface area contributed by atoms with Crippen LogP contribution >= 0.6 is 33.2 Å². The van der Waals surface area contributed by atoms with Crippen molar-refractivity contribution in [2.45, 2.75) is 43.1 Å². The zero-order chi connectivity index (χ0) is 22.5. The highest BCUT2D eigenvalue weighted by Crippen LogP contribution is 2.42. The zero-order valence-corrected chi connectivity index (χ0v) is 19.2. The molecule has 0 aromatic heterocycles. The second-order valence-corrected chi connectivity index (χ2v) is 10.7. The van der Waals surface area contributed by atoms with E-state index in [1.165, 1.54) is 21.6 Å². The Balaban J connectivity index is 1.83. The quantitative estimate of drug-likeness (QED) is 0.339. The minimum atomic E-state index is -1.10.